The van der Waals surface area contributed by atoms with E-state index in [1.54, 1.807) is 0 Å². The summed E-state index contributed by atoms with van der Waals surface area (Å²) in [6.45, 7) is 4.80. The first-order chi connectivity index (χ1) is 10.5. The Morgan fingerprint density at radius 2 is 2.00 bits per heavy atom. The molecule has 0 amide bonds. The first kappa shape index (κ1) is 15.7. The molecule has 3 heteroatoms. The van der Waals surface area contributed by atoms with E-state index in [4.69, 9.17) is 0 Å². The second kappa shape index (κ2) is 6.53. The highest BCUT2D eigenvalue weighted by molar-refractivity contribution is 9.10. The molecule has 0 saturated carbocycles. The molecular formula is C19H22BrNO. The van der Waals surface area contributed by atoms with Gasteiger partial charge in [0.25, 0.3) is 0 Å². The summed E-state index contributed by atoms with van der Waals surface area (Å²) < 4.78 is 1.02. The van der Waals surface area contributed by atoms with Crippen molar-refractivity contribution in [3.63, 3.8) is 0 Å². The Hall–Kier alpha value is -1.16. The second-order valence-electron chi connectivity index (χ2n) is 6.31. The molecule has 0 bridgehead atoms. The zero-order valence-electron chi connectivity index (χ0n) is 12.9. The van der Waals surface area contributed by atoms with E-state index < -0.39 is 5.60 Å². The molecule has 1 unspecified atom stereocenters. The van der Waals surface area contributed by atoms with Crippen LogP contribution in [0.3, 0.4) is 0 Å². The van der Waals surface area contributed by atoms with Crippen molar-refractivity contribution in [3.05, 3.63) is 69.7 Å². The van der Waals surface area contributed by atoms with Crippen LogP contribution < -0.4 is 0 Å². The molecule has 2 aromatic rings. The number of likely N-dealkylation sites (tertiary alicyclic amines) is 1. The molecule has 0 aromatic heterocycles. The maximum atomic E-state index is 10.9. The molecule has 3 rings (SSSR count). The highest BCUT2D eigenvalue weighted by Crippen LogP contribution is 2.33. The third-order valence-corrected chi connectivity index (χ3v) is 4.98. The number of benzene rings is 2. The number of hydrogen-bond donors (Lipinski definition) is 1. The first-order valence-corrected chi connectivity index (χ1v) is 8.61. The molecule has 0 aliphatic carbocycles. The van der Waals surface area contributed by atoms with Crippen molar-refractivity contribution in [3.8, 4) is 0 Å². The van der Waals surface area contributed by atoms with E-state index in [0.717, 1.165) is 42.5 Å². The molecule has 0 radical (unpaired) electrons. The van der Waals surface area contributed by atoms with E-state index in [-0.39, 0.29) is 0 Å². The molecule has 22 heavy (non-hydrogen) atoms. The van der Waals surface area contributed by atoms with E-state index in [0.29, 0.717) is 0 Å². The van der Waals surface area contributed by atoms with Crippen molar-refractivity contribution in [2.24, 2.45) is 0 Å². The summed E-state index contributed by atoms with van der Waals surface area (Å²) in [5.74, 6) is 0. The average Bonchev–Trinajstić information content (AvgIpc) is 2.88. The van der Waals surface area contributed by atoms with E-state index >= 15 is 0 Å². The highest BCUT2D eigenvalue weighted by atomic mass is 79.9. The van der Waals surface area contributed by atoms with Crippen molar-refractivity contribution < 1.29 is 5.11 Å². The van der Waals surface area contributed by atoms with Crippen LogP contribution in [0.5, 0.6) is 0 Å². The normalized spacial score (nSPS) is 22.1. The SMILES string of the molecule is Cc1cccc(CCN2CCC(O)(c3cccc(Br)c3)C2)c1. The minimum atomic E-state index is -0.712. The molecule has 116 valence electrons. The van der Waals surface area contributed by atoms with Crippen molar-refractivity contribution in [1.29, 1.82) is 0 Å². The van der Waals surface area contributed by atoms with Crippen LogP contribution in [0.2, 0.25) is 0 Å². The van der Waals surface area contributed by atoms with Gasteiger partial charge in [0.05, 0.1) is 0 Å². The van der Waals surface area contributed by atoms with E-state index in [1.165, 1.54) is 11.1 Å². The van der Waals surface area contributed by atoms with Crippen LogP contribution in [0.1, 0.15) is 23.1 Å². The lowest BCUT2D eigenvalue weighted by molar-refractivity contribution is 0.0462. The van der Waals surface area contributed by atoms with Crippen molar-refractivity contribution in [1.82, 2.24) is 4.90 Å². The molecule has 1 aliphatic heterocycles. The van der Waals surface area contributed by atoms with E-state index in [1.807, 2.05) is 24.3 Å². The van der Waals surface area contributed by atoms with Gasteiger partial charge in [-0.05, 0) is 43.0 Å². The zero-order valence-corrected chi connectivity index (χ0v) is 14.5. The van der Waals surface area contributed by atoms with Gasteiger partial charge in [-0.3, -0.25) is 4.90 Å². The fourth-order valence-electron chi connectivity index (χ4n) is 3.23. The van der Waals surface area contributed by atoms with Crippen LogP contribution in [0.4, 0.5) is 0 Å². The van der Waals surface area contributed by atoms with Crippen molar-refractivity contribution in [2.45, 2.75) is 25.4 Å². The lowest BCUT2D eigenvalue weighted by atomic mass is 9.93. The Balaban J connectivity index is 1.62. The minimum Gasteiger partial charge on any atom is -0.384 e. The molecule has 1 atom stereocenters. The number of aliphatic hydroxyl groups is 1. The fourth-order valence-corrected chi connectivity index (χ4v) is 3.63. The standard InChI is InChI=1S/C19H22BrNO/c1-15-4-2-5-16(12-15)8-10-21-11-9-19(22,14-21)17-6-3-7-18(20)13-17/h2-7,12-13,22H,8-11,14H2,1H3. The molecule has 1 aliphatic rings. The van der Waals surface area contributed by atoms with Gasteiger partial charge in [0.2, 0.25) is 0 Å². The molecule has 1 N–H and O–H groups in total. The lowest BCUT2D eigenvalue weighted by Gasteiger charge is -2.24. The number of aryl methyl sites for hydroxylation is 1. The Morgan fingerprint density at radius 3 is 2.77 bits per heavy atom. The summed E-state index contributed by atoms with van der Waals surface area (Å²) in [6, 6.07) is 16.7. The average molecular weight is 360 g/mol. The number of β-amino-alcohol motifs (C(OH)–C–C–N with tert-alkyl or cyclic N) is 1. The Labute approximate surface area is 140 Å². The smallest absolute Gasteiger partial charge is 0.103 e. The predicted molar refractivity (Wildman–Crippen MR) is 94.0 cm³/mol. The van der Waals surface area contributed by atoms with E-state index in [2.05, 4.69) is 52.0 Å². The summed E-state index contributed by atoms with van der Waals surface area (Å²) in [5.41, 5.74) is 2.98. The maximum absolute atomic E-state index is 10.9. The predicted octanol–water partition coefficient (Wildman–Crippen LogP) is 3.89. The molecule has 1 heterocycles. The van der Waals surface area contributed by atoms with Crippen LogP contribution in [0.25, 0.3) is 0 Å². The van der Waals surface area contributed by atoms with Gasteiger partial charge in [-0.1, -0.05) is 57.9 Å². The van der Waals surface area contributed by atoms with Crippen molar-refractivity contribution in [2.75, 3.05) is 19.6 Å². The monoisotopic (exact) mass is 359 g/mol. The number of halogens is 1. The quantitative estimate of drug-likeness (QED) is 0.894. The summed E-state index contributed by atoms with van der Waals surface area (Å²) >= 11 is 3.49. The third-order valence-electron chi connectivity index (χ3n) is 4.49. The van der Waals surface area contributed by atoms with Gasteiger partial charge in [-0.15, -0.1) is 0 Å². The summed E-state index contributed by atoms with van der Waals surface area (Å²) in [6.07, 6.45) is 1.84. The minimum absolute atomic E-state index is 0.712. The van der Waals surface area contributed by atoms with Crippen LogP contribution >= 0.6 is 15.9 Å². The van der Waals surface area contributed by atoms with Crippen LogP contribution in [0.15, 0.2) is 53.0 Å². The molecule has 0 spiro atoms. The molecule has 1 saturated heterocycles. The molecular weight excluding hydrogens is 338 g/mol. The summed E-state index contributed by atoms with van der Waals surface area (Å²) in [5, 5.41) is 10.9. The zero-order chi connectivity index (χ0) is 15.6. The van der Waals surface area contributed by atoms with Gasteiger partial charge in [0.1, 0.15) is 5.60 Å². The van der Waals surface area contributed by atoms with Gasteiger partial charge >= 0.3 is 0 Å². The van der Waals surface area contributed by atoms with Crippen LogP contribution in [-0.4, -0.2) is 29.6 Å². The second-order valence-corrected chi connectivity index (χ2v) is 7.22. The fraction of sp³-hybridized carbons (Fsp3) is 0.368. The van der Waals surface area contributed by atoms with Crippen LogP contribution in [0, 0.1) is 6.92 Å². The Bertz CT molecular complexity index is 657. The van der Waals surface area contributed by atoms with Gasteiger partial charge in [0, 0.05) is 24.1 Å². The Kier molecular flexibility index (Phi) is 4.67. The van der Waals surface area contributed by atoms with Gasteiger partial charge in [-0.25, -0.2) is 0 Å². The van der Waals surface area contributed by atoms with E-state index in [9.17, 15) is 5.11 Å². The number of nitrogens with zero attached hydrogens (tertiary/aromatic N) is 1. The number of rotatable bonds is 4. The van der Waals surface area contributed by atoms with Gasteiger partial charge in [-0.2, -0.15) is 0 Å². The maximum Gasteiger partial charge on any atom is 0.103 e. The highest BCUT2D eigenvalue weighted by Gasteiger charge is 2.37. The third kappa shape index (κ3) is 3.60. The topological polar surface area (TPSA) is 23.5 Å². The first-order valence-electron chi connectivity index (χ1n) is 7.81. The van der Waals surface area contributed by atoms with Gasteiger partial charge in [0.15, 0.2) is 0 Å². The lowest BCUT2D eigenvalue weighted by Crippen LogP contribution is -2.31. The van der Waals surface area contributed by atoms with Crippen LogP contribution in [-0.2, 0) is 12.0 Å². The number of hydrogen-bond acceptors (Lipinski definition) is 2. The summed E-state index contributed by atoms with van der Waals surface area (Å²) in [7, 11) is 0. The molecule has 1 fully saturated rings. The Morgan fingerprint density at radius 1 is 1.18 bits per heavy atom. The molecule has 2 aromatic carbocycles. The summed E-state index contributed by atoms with van der Waals surface area (Å²) in [4.78, 5) is 2.36. The van der Waals surface area contributed by atoms with Gasteiger partial charge < -0.3 is 5.11 Å². The molecule has 2 nitrogen and oxygen atoms in total. The van der Waals surface area contributed by atoms with Crippen molar-refractivity contribution >= 4 is 15.9 Å². The largest absolute Gasteiger partial charge is 0.384 e.